The number of carbonyl (C=O) groups is 1. The first-order valence-corrected chi connectivity index (χ1v) is 11.8. The minimum Gasteiger partial charge on any atom is -0.325 e. The molecule has 4 rings (SSSR count). The van der Waals surface area contributed by atoms with Crippen LogP contribution in [0.15, 0.2) is 71.2 Å². The summed E-state index contributed by atoms with van der Waals surface area (Å²) in [5.74, 6) is 0.801. The van der Waals surface area contributed by atoms with Crippen molar-refractivity contribution in [1.29, 1.82) is 0 Å². The molecule has 1 N–H and O–H groups in total. The van der Waals surface area contributed by atoms with E-state index in [1.54, 1.807) is 11.3 Å². The number of benzene rings is 2. The average molecular weight is 449 g/mol. The molecule has 7 heteroatoms. The Labute approximate surface area is 190 Å². The van der Waals surface area contributed by atoms with E-state index in [-0.39, 0.29) is 5.91 Å². The van der Waals surface area contributed by atoms with E-state index in [0.717, 1.165) is 39.8 Å². The van der Waals surface area contributed by atoms with E-state index in [1.807, 2.05) is 74.0 Å². The molecule has 0 saturated heterocycles. The van der Waals surface area contributed by atoms with E-state index in [1.165, 1.54) is 16.6 Å². The molecule has 158 valence electrons. The monoisotopic (exact) mass is 448 g/mol. The van der Waals surface area contributed by atoms with Gasteiger partial charge in [0.2, 0.25) is 5.91 Å². The van der Waals surface area contributed by atoms with Crippen molar-refractivity contribution in [2.45, 2.75) is 30.7 Å². The lowest BCUT2D eigenvalue weighted by Crippen LogP contribution is -2.19. The van der Waals surface area contributed by atoms with Crippen LogP contribution in [0.5, 0.6) is 0 Å². The average Bonchev–Trinajstić information content (AvgIpc) is 3.37. The molecule has 0 aliphatic carbocycles. The standard InChI is InChI=1S/C24H24N4OS2/c1-16-12-17(2)14-19(13-16)25-23(29)22(18-8-5-4-6-9-18)31-24-27-26-21(28(24)3)15-20-10-7-11-30-20/h4-14,22H,15H2,1-3H3,(H,25,29). The molecule has 0 aliphatic heterocycles. The third-order valence-corrected chi connectivity index (χ3v) is 7.06. The molecule has 2 aromatic carbocycles. The number of hydrogen-bond donors (Lipinski definition) is 1. The van der Waals surface area contributed by atoms with E-state index in [9.17, 15) is 4.79 Å². The number of hydrogen-bond acceptors (Lipinski definition) is 5. The molecular formula is C24H24N4OS2. The van der Waals surface area contributed by atoms with Crippen LogP contribution in [0.2, 0.25) is 0 Å². The fourth-order valence-electron chi connectivity index (χ4n) is 3.43. The van der Waals surface area contributed by atoms with Crippen LogP contribution in [-0.4, -0.2) is 20.7 Å². The first kappa shape index (κ1) is 21.3. The minimum atomic E-state index is -0.445. The highest BCUT2D eigenvalue weighted by molar-refractivity contribution is 8.00. The van der Waals surface area contributed by atoms with E-state index >= 15 is 0 Å². The third-order valence-electron chi connectivity index (χ3n) is 4.89. The summed E-state index contributed by atoms with van der Waals surface area (Å²) in [6.45, 7) is 4.06. The van der Waals surface area contributed by atoms with Gasteiger partial charge in [-0.2, -0.15) is 0 Å². The van der Waals surface area contributed by atoms with Gasteiger partial charge >= 0.3 is 0 Å². The maximum absolute atomic E-state index is 13.3. The number of rotatable bonds is 7. The zero-order valence-corrected chi connectivity index (χ0v) is 19.3. The molecule has 0 saturated carbocycles. The number of nitrogens with zero attached hydrogens (tertiary/aromatic N) is 3. The van der Waals surface area contributed by atoms with Crippen molar-refractivity contribution in [2.24, 2.45) is 7.05 Å². The Bertz CT molecular complexity index is 1150. The normalized spacial score (nSPS) is 12.0. The molecule has 31 heavy (non-hydrogen) atoms. The molecule has 0 bridgehead atoms. The Kier molecular flexibility index (Phi) is 6.53. The second kappa shape index (κ2) is 9.49. The second-order valence-corrected chi connectivity index (χ2v) is 9.59. The number of thioether (sulfide) groups is 1. The first-order valence-electron chi connectivity index (χ1n) is 10.0. The maximum atomic E-state index is 13.3. The molecule has 0 spiro atoms. The lowest BCUT2D eigenvalue weighted by atomic mass is 10.1. The molecule has 5 nitrogen and oxygen atoms in total. The van der Waals surface area contributed by atoms with E-state index in [0.29, 0.717) is 0 Å². The summed E-state index contributed by atoms with van der Waals surface area (Å²) in [5.41, 5.74) is 3.97. The Hall–Kier alpha value is -2.90. The number of anilines is 1. The quantitative estimate of drug-likeness (QED) is 0.376. The summed E-state index contributed by atoms with van der Waals surface area (Å²) >= 11 is 3.12. The number of thiophene rings is 1. The zero-order chi connectivity index (χ0) is 21.8. The van der Waals surface area contributed by atoms with Crippen LogP contribution in [0.1, 0.15) is 32.6 Å². The summed E-state index contributed by atoms with van der Waals surface area (Å²) in [5, 5.41) is 14.2. The Morgan fingerprint density at radius 1 is 1.06 bits per heavy atom. The van der Waals surface area contributed by atoms with Crippen molar-refractivity contribution >= 4 is 34.7 Å². The lowest BCUT2D eigenvalue weighted by Gasteiger charge is -2.17. The maximum Gasteiger partial charge on any atom is 0.242 e. The topological polar surface area (TPSA) is 59.8 Å². The minimum absolute atomic E-state index is 0.0796. The summed E-state index contributed by atoms with van der Waals surface area (Å²) in [6, 6.07) is 20.0. The van der Waals surface area contributed by atoms with Crippen molar-refractivity contribution in [2.75, 3.05) is 5.32 Å². The van der Waals surface area contributed by atoms with Gasteiger partial charge in [-0.05, 0) is 54.1 Å². The van der Waals surface area contributed by atoms with Crippen LogP contribution >= 0.6 is 23.1 Å². The van der Waals surface area contributed by atoms with Gasteiger partial charge in [-0.3, -0.25) is 4.79 Å². The number of aromatic nitrogens is 3. The van der Waals surface area contributed by atoms with Crippen molar-refractivity contribution in [1.82, 2.24) is 14.8 Å². The lowest BCUT2D eigenvalue weighted by molar-refractivity contribution is -0.115. The highest BCUT2D eigenvalue weighted by Crippen LogP contribution is 2.35. The van der Waals surface area contributed by atoms with E-state index in [4.69, 9.17) is 0 Å². The summed E-state index contributed by atoms with van der Waals surface area (Å²) in [7, 11) is 1.95. The fraction of sp³-hybridized carbons (Fsp3) is 0.208. The molecule has 0 radical (unpaired) electrons. The molecule has 1 amide bonds. The zero-order valence-electron chi connectivity index (χ0n) is 17.7. The molecule has 0 aliphatic rings. The summed E-state index contributed by atoms with van der Waals surface area (Å²) < 4.78 is 1.98. The molecule has 4 aromatic rings. The van der Waals surface area contributed by atoms with Gasteiger partial charge in [-0.1, -0.05) is 54.2 Å². The fourth-order valence-corrected chi connectivity index (χ4v) is 5.15. The van der Waals surface area contributed by atoms with Crippen LogP contribution in [0.25, 0.3) is 0 Å². The van der Waals surface area contributed by atoms with Crippen molar-refractivity contribution < 1.29 is 4.79 Å². The van der Waals surface area contributed by atoms with Crippen molar-refractivity contribution in [3.63, 3.8) is 0 Å². The number of carbonyl (C=O) groups excluding carboxylic acids is 1. The van der Waals surface area contributed by atoms with Crippen molar-refractivity contribution in [3.8, 4) is 0 Å². The van der Waals surface area contributed by atoms with Gasteiger partial charge in [0.15, 0.2) is 5.16 Å². The predicted octanol–water partition coefficient (Wildman–Crippen LogP) is 5.56. The number of aryl methyl sites for hydroxylation is 2. The van der Waals surface area contributed by atoms with Crippen LogP contribution < -0.4 is 5.32 Å². The van der Waals surface area contributed by atoms with Gasteiger partial charge in [0.1, 0.15) is 11.1 Å². The summed E-state index contributed by atoms with van der Waals surface area (Å²) in [4.78, 5) is 14.6. The van der Waals surface area contributed by atoms with Gasteiger partial charge in [-0.25, -0.2) is 0 Å². The Morgan fingerprint density at radius 2 is 1.81 bits per heavy atom. The van der Waals surface area contributed by atoms with Crippen LogP contribution in [-0.2, 0) is 18.3 Å². The van der Waals surface area contributed by atoms with Crippen molar-refractivity contribution in [3.05, 3.63) is 93.4 Å². The van der Waals surface area contributed by atoms with Gasteiger partial charge in [-0.15, -0.1) is 21.5 Å². The predicted molar refractivity (Wildman–Crippen MR) is 128 cm³/mol. The number of nitrogens with one attached hydrogen (secondary N) is 1. The Balaban J connectivity index is 1.59. The summed E-state index contributed by atoms with van der Waals surface area (Å²) in [6.07, 6.45) is 0.729. The van der Waals surface area contributed by atoms with Gasteiger partial charge in [0, 0.05) is 24.0 Å². The van der Waals surface area contributed by atoms with Crippen LogP contribution in [0.4, 0.5) is 5.69 Å². The SMILES string of the molecule is Cc1cc(C)cc(NC(=O)C(Sc2nnc(Cc3cccs3)n2C)c2ccccc2)c1. The van der Waals surface area contributed by atoms with E-state index in [2.05, 4.69) is 33.0 Å². The molecule has 2 aromatic heterocycles. The highest BCUT2D eigenvalue weighted by Gasteiger charge is 2.25. The molecule has 1 unspecified atom stereocenters. The Morgan fingerprint density at radius 3 is 2.48 bits per heavy atom. The van der Waals surface area contributed by atoms with E-state index < -0.39 is 5.25 Å². The third kappa shape index (κ3) is 5.24. The van der Waals surface area contributed by atoms with Gasteiger partial charge in [0.05, 0.1) is 0 Å². The molecule has 2 heterocycles. The first-order chi connectivity index (χ1) is 15.0. The largest absolute Gasteiger partial charge is 0.325 e. The van der Waals surface area contributed by atoms with Gasteiger partial charge in [0.25, 0.3) is 0 Å². The van der Waals surface area contributed by atoms with Crippen LogP contribution in [0.3, 0.4) is 0 Å². The molecular weight excluding hydrogens is 424 g/mol. The smallest absolute Gasteiger partial charge is 0.242 e. The van der Waals surface area contributed by atoms with Crippen LogP contribution in [0, 0.1) is 13.8 Å². The number of amides is 1. The van der Waals surface area contributed by atoms with Gasteiger partial charge < -0.3 is 9.88 Å². The highest BCUT2D eigenvalue weighted by atomic mass is 32.2. The molecule has 1 atom stereocenters. The molecule has 0 fully saturated rings. The second-order valence-electron chi connectivity index (χ2n) is 7.49.